The highest BCUT2D eigenvalue weighted by Gasteiger charge is 2.19. The van der Waals surface area contributed by atoms with Gasteiger partial charge in [-0.1, -0.05) is 41.9 Å². The molecule has 0 aliphatic rings. The van der Waals surface area contributed by atoms with Gasteiger partial charge in [-0.05, 0) is 48.0 Å². The van der Waals surface area contributed by atoms with E-state index in [4.69, 9.17) is 21.1 Å². The summed E-state index contributed by atoms with van der Waals surface area (Å²) in [5.41, 5.74) is -0.0512. The monoisotopic (exact) mass is 401 g/mol. The van der Waals surface area contributed by atoms with Crippen molar-refractivity contribution in [1.82, 2.24) is 0 Å². The van der Waals surface area contributed by atoms with Gasteiger partial charge in [0.15, 0.2) is 12.7 Å². The van der Waals surface area contributed by atoms with Gasteiger partial charge in [0.1, 0.15) is 11.6 Å². The molecule has 3 rings (SSSR count). The van der Waals surface area contributed by atoms with Crippen molar-refractivity contribution in [1.29, 1.82) is 0 Å². The highest BCUT2D eigenvalue weighted by atomic mass is 35.5. The number of nitrogens with one attached hydrogen (secondary N) is 1. The summed E-state index contributed by atoms with van der Waals surface area (Å²) in [5, 5.41) is 4.59. The lowest BCUT2D eigenvalue weighted by atomic mass is 10.1. The highest BCUT2D eigenvalue weighted by molar-refractivity contribution is 6.30. The zero-order valence-corrected chi connectivity index (χ0v) is 15.7. The number of hydrogen-bond donors (Lipinski definition) is 1. The van der Waals surface area contributed by atoms with Gasteiger partial charge in [-0.25, -0.2) is 9.18 Å². The Labute approximate surface area is 166 Å². The predicted molar refractivity (Wildman–Crippen MR) is 105 cm³/mol. The van der Waals surface area contributed by atoms with E-state index in [1.165, 1.54) is 19.1 Å². The highest BCUT2D eigenvalue weighted by Crippen LogP contribution is 2.21. The Bertz CT molecular complexity index is 1020. The standard InChI is InChI=1S/C21H17ClFNO4/c1-13(21(26)24-19-9-7-16(22)11-18(19)23)28-20(25)12-27-17-8-6-14-4-2-3-5-15(14)10-17/h2-11,13H,12H2,1H3,(H,24,26). The zero-order valence-electron chi connectivity index (χ0n) is 14.9. The molecule has 0 radical (unpaired) electrons. The molecule has 0 aliphatic carbocycles. The number of hydrogen-bond acceptors (Lipinski definition) is 4. The Balaban J connectivity index is 1.52. The van der Waals surface area contributed by atoms with Crippen LogP contribution in [0.25, 0.3) is 10.8 Å². The van der Waals surface area contributed by atoms with Crippen molar-refractivity contribution in [3.8, 4) is 5.75 Å². The fourth-order valence-electron chi connectivity index (χ4n) is 2.51. The van der Waals surface area contributed by atoms with Crippen LogP contribution in [0.4, 0.5) is 10.1 Å². The predicted octanol–water partition coefficient (Wildman–Crippen LogP) is 4.58. The van der Waals surface area contributed by atoms with E-state index in [0.717, 1.165) is 16.8 Å². The number of amides is 1. The molecule has 0 saturated carbocycles. The van der Waals surface area contributed by atoms with Gasteiger partial charge >= 0.3 is 5.97 Å². The minimum atomic E-state index is -1.12. The first-order valence-electron chi connectivity index (χ1n) is 8.49. The van der Waals surface area contributed by atoms with E-state index < -0.39 is 23.8 Å². The number of ether oxygens (including phenoxy) is 2. The molecule has 28 heavy (non-hydrogen) atoms. The lowest BCUT2D eigenvalue weighted by Gasteiger charge is -2.14. The number of halogens is 2. The quantitative estimate of drug-likeness (QED) is 0.614. The second-order valence-corrected chi connectivity index (χ2v) is 6.48. The Hall–Kier alpha value is -3.12. The first kappa shape index (κ1) is 19.6. The number of carbonyl (C=O) groups is 2. The van der Waals surface area contributed by atoms with E-state index in [2.05, 4.69) is 5.32 Å². The molecule has 1 N–H and O–H groups in total. The van der Waals surface area contributed by atoms with E-state index in [-0.39, 0.29) is 17.3 Å². The summed E-state index contributed by atoms with van der Waals surface area (Å²) in [4.78, 5) is 24.0. The van der Waals surface area contributed by atoms with Crippen LogP contribution in [0.1, 0.15) is 6.92 Å². The molecule has 1 amide bonds. The Morgan fingerprint density at radius 1 is 1.07 bits per heavy atom. The molecule has 0 aromatic heterocycles. The number of esters is 1. The maximum absolute atomic E-state index is 13.7. The third kappa shape index (κ3) is 4.98. The SMILES string of the molecule is CC(OC(=O)COc1ccc2ccccc2c1)C(=O)Nc1ccc(Cl)cc1F. The van der Waals surface area contributed by atoms with Gasteiger partial charge in [0, 0.05) is 5.02 Å². The minimum absolute atomic E-state index is 0.0512. The van der Waals surface area contributed by atoms with E-state index in [1.54, 1.807) is 6.07 Å². The van der Waals surface area contributed by atoms with E-state index in [0.29, 0.717) is 5.75 Å². The van der Waals surface area contributed by atoms with Crippen LogP contribution in [0, 0.1) is 5.82 Å². The third-order valence-corrected chi connectivity index (χ3v) is 4.18. The van der Waals surface area contributed by atoms with Crippen molar-refractivity contribution in [2.24, 2.45) is 0 Å². The summed E-state index contributed by atoms with van der Waals surface area (Å²) in [6.07, 6.45) is -1.12. The molecule has 0 aliphatic heterocycles. The normalized spacial score (nSPS) is 11.7. The molecule has 1 atom stereocenters. The summed E-state index contributed by atoms with van der Waals surface area (Å²) in [6.45, 7) is 1.03. The lowest BCUT2D eigenvalue weighted by Crippen LogP contribution is -2.31. The van der Waals surface area contributed by atoms with E-state index in [1.807, 2.05) is 36.4 Å². The topological polar surface area (TPSA) is 64.6 Å². The summed E-state index contributed by atoms with van der Waals surface area (Å²) in [7, 11) is 0. The molecule has 1 unspecified atom stereocenters. The molecule has 0 heterocycles. The largest absolute Gasteiger partial charge is 0.482 e. The first-order chi connectivity index (χ1) is 13.4. The van der Waals surface area contributed by atoms with Crippen molar-refractivity contribution >= 4 is 39.9 Å². The Morgan fingerprint density at radius 3 is 2.57 bits per heavy atom. The third-order valence-electron chi connectivity index (χ3n) is 3.94. The van der Waals surface area contributed by atoms with Crippen LogP contribution in [0.2, 0.25) is 5.02 Å². The van der Waals surface area contributed by atoms with Crippen LogP contribution in [0.3, 0.4) is 0 Å². The number of rotatable bonds is 6. The number of fused-ring (bicyclic) bond motifs is 1. The van der Waals surface area contributed by atoms with Gasteiger partial charge in [-0.2, -0.15) is 0 Å². The average Bonchev–Trinajstić information content (AvgIpc) is 2.68. The second kappa shape index (κ2) is 8.71. The van der Waals surface area contributed by atoms with Gasteiger partial charge in [-0.3, -0.25) is 4.79 Å². The molecule has 144 valence electrons. The first-order valence-corrected chi connectivity index (χ1v) is 8.87. The van der Waals surface area contributed by atoms with Crippen LogP contribution >= 0.6 is 11.6 Å². The maximum atomic E-state index is 13.7. The molecule has 0 spiro atoms. The molecule has 5 nitrogen and oxygen atoms in total. The van der Waals surface area contributed by atoms with Gasteiger partial charge in [0.05, 0.1) is 5.69 Å². The lowest BCUT2D eigenvalue weighted by molar-refractivity contribution is -0.155. The minimum Gasteiger partial charge on any atom is -0.482 e. The Morgan fingerprint density at radius 2 is 1.82 bits per heavy atom. The van der Waals surface area contributed by atoms with Crippen molar-refractivity contribution in [2.45, 2.75) is 13.0 Å². The zero-order chi connectivity index (χ0) is 20.1. The number of anilines is 1. The molecular weight excluding hydrogens is 385 g/mol. The summed E-state index contributed by atoms with van der Waals surface area (Å²) < 4.78 is 24.2. The van der Waals surface area contributed by atoms with Crippen molar-refractivity contribution < 1.29 is 23.5 Å². The van der Waals surface area contributed by atoms with Crippen LogP contribution in [0.15, 0.2) is 60.7 Å². The summed E-state index contributed by atoms with van der Waals surface area (Å²) in [5.74, 6) is -1.55. The second-order valence-electron chi connectivity index (χ2n) is 6.04. The smallest absolute Gasteiger partial charge is 0.344 e. The van der Waals surface area contributed by atoms with Crippen LogP contribution in [0.5, 0.6) is 5.75 Å². The molecule has 7 heteroatoms. The molecule has 0 fully saturated rings. The molecule has 0 bridgehead atoms. The fraction of sp³-hybridized carbons (Fsp3) is 0.143. The Kier molecular flexibility index (Phi) is 6.11. The summed E-state index contributed by atoms with van der Waals surface area (Å²) in [6, 6.07) is 17.0. The number of carbonyl (C=O) groups excluding carboxylic acids is 2. The van der Waals surface area contributed by atoms with Gasteiger partial charge in [-0.15, -0.1) is 0 Å². The fourth-order valence-corrected chi connectivity index (χ4v) is 2.67. The molecule has 0 saturated heterocycles. The maximum Gasteiger partial charge on any atom is 0.344 e. The van der Waals surface area contributed by atoms with Crippen LogP contribution in [-0.4, -0.2) is 24.6 Å². The van der Waals surface area contributed by atoms with E-state index in [9.17, 15) is 14.0 Å². The van der Waals surface area contributed by atoms with Gasteiger partial charge in [0.25, 0.3) is 5.91 Å². The van der Waals surface area contributed by atoms with Crippen molar-refractivity contribution in [2.75, 3.05) is 11.9 Å². The van der Waals surface area contributed by atoms with Crippen molar-refractivity contribution in [3.63, 3.8) is 0 Å². The molecule has 3 aromatic carbocycles. The summed E-state index contributed by atoms with van der Waals surface area (Å²) >= 11 is 5.67. The molecular formula is C21H17ClFNO4. The van der Waals surface area contributed by atoms with Crippen LogP contribution < -0.4 is 10.1 Å². The van der Waals surface area contributed by atoms with Gasteiger partial charge in [0.2, 0.25) is 0 Å². The average molecular weight is 402 g/mol. The van der Waals surface area contributed by atoms with E-state index >= 15 is 0 Å². The van der Waals surface area contributed by atoms with Crippen LogP contribution in [-0.2, 0) is 14.3 Å². The van der Waals surface area contributed by atoms with Gasteiger partial charge < -0.3 is 14.8 Å². The van der Waals surface area contributed by atoms with Crippen molar-refractivity contribution in [3.05, 3.63) is 71.5 Å². The molecule has 3 aromatic rings. The number of benzene rings is 3.